The van der Waals surface area contributed by atoms with Crippen LogP contribution in [0.2, 0.25) is 5.02 Å². The summed E-state index contributed by atoms with van der Waals surface area (Å²) in [5, 5.41) is 0.685. The highest BCUT2D eigenvalue weighted by atomic mass is 35.5. The molecule has 0 heterocycles. The van der Waals surface area contributed by atoms with Crippen molar-refractivity contribution in [3.63, 3.8) is 0 Å². The van der Waals surface area contributed by atoms with Gasteiger partial charge in [0.2, 0.25) is 0 Å². The molecule has 0 spiro atoms. The lowest BCUT2D eigenvalue weighted by Crippen LogP contribution is -1.80. The van der Waals surface area contributed by atoms with Gasteiger partial charge in [-0.25, -0.2) is 0 Å². The Kier molecular flexibility index (Phi) is 3.06. The quantitative estimate of drug-likeness (QED) is 0.546. The summed E-state index contributed by atoms with van der Waals surface area (Å²) in [7, 11) is 0. The third kappa shape index (κ3) is 2.35. The van der Waals surface area contributed by atoms with E-state index in [1.54, 1.807) is 18.2 Å². The molecular weight excluding hydrogens is 138 g/mol. The molecule has 0 radical (unpaired) electrons. The average Bonchev–Trinajstić information content (AvgIpc) is 1.64. The Morgan fingerprint density at radius 1 is 1.33 bits per heavy atom. The summed E-state index contributed by atoms with van der Waals surface area (Å²) in [4.78, 5) is 0. The predicted octanol–water partition coefficient (Wildman–Crippen LogP) is 1.10. The summed E-state index contributed by atoms with van der Waals surface area (Å²) in [6.07, 6.45) is 0. The van der Waals surface area contributed by atoms with Crippen LogP contribution in [-0.2, 0) is 0 Å². The Morgan fingerprint density at radius 2 is 2.00 bits per heavy atom. The van der Waals surface area contributed by atoms with Gasteiger partial charge in [-0.05, 0) is 18.2 Å². The fraction of sp³-hybridized carbons (Fsp3) is 0. The smallest absolute Gasteiger partial charge is 0.0426 e. The first kappa shape index (κ1) is 8.27. The standard InChI is InChI=1S/C6H6ClN.H2O/c7-5-2-1-3-6(8)4-5;/h1-4H,8H2;1H2. The van der Waals surface area contributed by atoms with Gasteiger partial charge in [-0.3, -0.25) is 0 Å². The monoisotopic (exact) mass is 145 g/mol. The van der Waals surface area contributed by atoms with Crippen LogP contribution in [0.15, 0.2) is 24.3 Å². The van der Waals surface area contributed by atoms with E-state index in [2.05, 4.69) is 0 Å². The SMILES string of the molecule is Nc1cccc(Cl)c1.O. The van der Waals surface area contributed by atoms with Crippen LogP contribution < -0.4 is 5.73 Å². The minimum atomic E-state index is 0. The molecule has 0 aliphatic heterocycles. The lowest BCUT2D eigenvalue weighted by Gasteiger charge is -1.89. The number of anilines is 1. The highest BCUT2D eigenvalue weighted by Gasteiger charge is 1.83. The van der Waals surface area contributed by atoms with Gasteiger partial charge in [0.15, 0.2) is 0 Å². The molecule has 0 aliphatic rings. The van der Waals surface area contributed by atoms with E-state index in [0.717, 1.165) is 0 Å². The molecule has 1 rings (SSSR count). The fourth-order valence-electron chi connectivity index (χ4n) is 0.507. The highest BCUT2D eigenvalue weighted by Crippen LogP contribution is 2.10. The van der Waals surface area contributed by atoms with Crippen LogP contribution in [0.1, 0.15) is 0 Å². The van der Waals surface area contributed by atoms with Gasteiger partial charge in [-0.2, -0.15) is 0 Å². The molecule has 0 aromatic heterocycles. The summed E-state index contributed by atoms with van der Waals surface area (Å²) in [6.45, 7) is 0. The molecule has 0 fully saturated rings. The maximum Gasteiger partial charge on any atom is 0.0426 e. The number of rotatable bonds is 0. The van der Waals surface area contributed by atoms with Gasteiger partial charge < -0.3 is 11.2 Å². The number of halogens is 1. The number of nitrogen functional groups attached to an aromatic ring is 1. The van der Waals surface area contributed by atoms with Gasteiger partial charge >= 0.3 is 0 Å². The van der Waals surface area contributed by atoms with Gasteiger partial charge in [0, 0.05) is 10.7 Å². The molecule has 0 atom stereocenters. The maximum absolute atomic E-state index is 5.56. The second-order valence-corrected chi connectivity index (χ2v) is 1.99. The van der Waals surface area contributed by atoms with Gasteiger partial charge in [0.05, 0.1) is 0 Å². The van der Waals surface area contributed by atoms with Gasteiger partial charge in [-0.15, -0.1) is 0 Å². The van der Waals surface area contributed by atoms with E-state index in [0.29, 0.717) is 10.7 Å². The second kappa shape index (κ2) is 3.33. The first-order valence-electron chi connectivity index (χ1n) is 2.30. The molecule has 0 saturated carbocycles. The molecule has 50 valence electrons. The normalized spacial score (nSPS) is 8.11. The molecule has 9 heavy (non-hydrogen) atoms. The van der Waals surface area contributed by atoms with Crippen molar-refractivity contribution in [2.24, 2.45) is 0 Å². The van der Waals surface area contributed by atoms with Crippen molar-refractivity contribution in [1.82, 2.24) is 0 Å². The van der Waals surface area contributed by atoms with E-state index in [1.165, 1.54) is 0 Å². The predicted molar refractivity (Wildman–Crippen MR) is 39.5 cm³/mol. The Hall–Kier alpha value is -0.730. The van der Waals surface area contributed by atoms with Crippen LogP contribution in [0, 0.1) is 0 Å². The zero-order valence-electron chi connectivity index (χ0n) is 4.76. The molecule has 4 N–H and O–H groups in total. The van der Waals surface area contributed by atoms with Crippen LogP contribution in [0.4, 0.5) is 5.69 Å². The topological polar surface area (TPSA) is 57.5 Å². The fourth-order valence-corrected chi connectivity index (χ4v) is 0.705. The lowest BCUT2D eigenvalue weighted by atomic mass is 10.3. The molecule has 0 bridgehead atoms. The minimum Gasteiger partial charge on any atom is -0.412 e. The molecule has 0 unspecified atom stereocenters. The number of hydrogen-bond acceptors (Lipinski definition) is 1. The van der Waals surface area contributed by atoms with Crippen molar-refractivity contribution < 1.29 is 5.48 Å². The summed E-state index contributed by atoms with van der Waals surface area (Å²) in [6, 6.07) is 7.11. The first-order valence-corrected chi connectivity index (χ1v) is 2.68. The summed E-state index contributed by atoms with van der Waals surface area (Å²) in [5.74, 6) is 0. The number of benzene rings is 1. The van der Waals surface area contributed by atoms with E-state index in [4.69, 9.17) is 17.3 Å². The van der Waals surface area contributed by atoms with Gasteiger partial charge in [-0.1, -0.05) is 17.7 Å². The van der Waals surface area contributed by atoms with Crippen molar-refractivity contribution in [2.75, 3.05) is 5.73 Å². The van der Waals surface area contributed by atoms with Crippen molar-refractivity contribution >= 4 is 17.3 Å². The van der Waals surface area contributed by atoms with Crippen LogP contribution >= 0.6 is 11.6 Å². The first-order chi connectivity index (χ1) is 3.79. The Bertz CT molecular complexity index is 173. The molecule has 1 aromatic carbocycles. The number of nitrogens with two attached hydrogens (primary N) is 1. The van der Waals surface area contributed by atoms with E-state index in [9.17, 15) is 0 Å². The molecule has 0 aliphatic carbocycles. The van der Waals surface area contributed by atoms with E-state index < -0.39 is 0 Å². The van der Waals surface area contributed by atoms with Crippen molar-refractivity contribution in [2.45, 2.75) is 0 Å². The largest absolute Gasteiger partial charge is 0.412 e. The average molecular weight is 146 g/mol. The van der Waals surface area contributed by atoms with Gasteiger partial charge in [0.25, 0.3) is 0 Å². The molecule has 0 amide bonds. The second-order valence-electron chi connectivity index (χ2n) is 1.56. The summed E-state index contributed by atoms with van der Waals surface area (Å²) < 4.78 is 0. The van der Waals surface area contributed by atoms with Crippen LogP contribution in [0.5, 0.6) is 0 Å². The third-order valence-corrected chi connectivity index (χ3v) is 1.08. The Labute approximate surface area is 58.6 Å². The van der Waals surface area contributed by atoms with E-state index >= 15 is 0 Å². The van der Waals surface area contributed by atoms with Crippen LogP contribution in [0.3, 0.4) is 0 Å². The zero-order valence-corrected chi connectivity index (χ0v) is 5.52. The van der Waals surface area contributed by atoms with Crippen molar-refractivity contribution in [3.05, 3.63) is 29.3 Å². The molecule has 0 saturated heterocycles. The molecular formula is C6H8ClNO. The molecule has 3 heteroatoms. The summed E-state index contributed by atoms with van der Waals surface area (Å²) >= 11 is 5.56. The maximum atomic E-state index is 5.56. The number of hydrogen-bond donors (Lipinski definition) is 1. The van der Waals surface area contributed by atoms with Gasteiger partial charge in [0.1, 0.15) is 0 Å². The van der Waals surface area contributed by atoms with Crippen molar-refractivity contribution in [1.29, 1.82) is 0 Å². The van der Waals surface area contributed by atoms with Crippen molar-refractivity contribution in [3.8, 4) is 0 Å². The minimum absolute atomic E-state index is 0. The van der Waals surface area contributed by atoms with Crippen LogP contribution in [0.25, 0.3) is 0 Å². The Morgan fingerprint density at radius 3 is 2.33 bits per heavy atom. The van der Waals surface area contributed by atoms with Crippen LogP contribution in [-0.4, -0.2) is 5.48 Å². The third-order valence-electron chi connectivity index (χ3n) is 0.849. The highest BCUT2D eigenvalue weighted by molar-refractivity contribution is 6.30. The summed E-state index contributed by atoms with van der Waals surface area (Å²) in [5.41, 5.74) is 6.08. The molecule has 1 aromatic rings. The molecule has 2 nitrogen and oxygen atoms in total. The van der Waals surface area contributed by atoms with E-state index in [-0.39, 0.29) is 5.48 Å². The lowest BCUT2D eigenvalue weighted by molar-refractivity contribution is 0.824. The van der Waals surface area contributed by atoms with E-state index in [1.807, 2.05) is 6.07 Å². The Balaban J connectivity index is 0.000000640. The zero-order chi connectivity index (χ0) is 5.98.